The number of alkyl halides is 3. The van der Waals surface area contributed by atoms with Gasteiger partial charge in [0, 0.05) is 55.9 Å². The van der Waals surface area contributed by atoms with E-state index in [1.807, 2.05) is 12.1 Å². The van der Waals surface area contributed by atoms with Crippen LogP contribution in [0.4, 0.5) is 18.9 Å². The van der Waals surface area contributed by atoms with Crippen LogP contribution in [0.25, 0.3) is 5.69 Å². The van der Waals surface area contributed by atoms with Crippen LogP contribution in [0, 0.1) is 6.92 Å². The molecule has 2 heterocycles. The molecule has 1 fully saturated rings. The largest absolute Gasteiger partial charge is 0.416 e. The fourth-order valence-corrected chi connectivity index (χ4v) is 4.43. The summed E-state index contributed by atoms with van der Waals surface area (Å²) in [5, 5.41) is 2.70. The molecular weight excluding hydrogens is 467 g/mol. The first-order valence-corrected chi connectivity index (χ1v) is 12.3. The van der Waals surface area contributed by atoms with Gasteiger partial charge in [-0.3, -0.25) is 9.69 Å². The van der Waals surface area contributed by atoms with Crippen LogP contribution in [-0.2, 0) is 12.7 Å². The lowest BCUT2D eigenvalue weighted by atomic mass is 10.1. The van der Waals surface area contributed by atoms with E-state index in [0.717, 1.165) is 50.4 Å². The standard InChI is InChI=1S/C27H32F3N5O/c1-3-4-9-33-10-12-34(13-11-33)18-21-7-5-6-8-25(21)26(36)32-23-14-22(27(28,29)30)15-24(16-23)35-17-20(2)31-19-35/h5-8,14-17,19H,3-4,9-13,18H2,1-2H3,(H,32,36). The summed E-state index contributed by atoms with van der Waals surface area (Å²) in [5.74, 6) is -0.431. The van der Waals surface area contributed by atoms with Crippen molar-refractivity contribution in [2.45, 2.75) is 39.4 Å². The number of hydrogen-bond donors (Lipinski definition) is 1. The molecule has 4 rings (SSSR count). The molecule has 1 aliphatic heterocycles. The zero-order valence-corrected chi connectivity index (χ0v) is 20.7. The summed E-state index contributed by atoms with van der Waals surface area (Å²) in [5.41, 5.74) is 1.51. The van der Waals surface area contributed by atoms with E-state index in [9.17, 15) is 18.0 Å². The summed E-state index contributed by atoms with van der Waals surface area (Å²) in [6, 6.07) is 10.8. The Balaban J connectivity index is 1.51. The Morgan fingerprint density at radius 3 is 2.44 bits per heavy atom. The average Bonchev–Trinajstić information content (AvgIpc) is 3.29. The molecule has 0 spiro atoms. The lowest BCUT2D eigenvalue weighted by Crippen LogP contribution is -2.46. The SMILES string of the molecule is CCCCN1CCN(Cc2ccccc2C(=O)Nc2cc(-n3cnc(C)c3)cc(C(F)(F)F)c2)CC1. The molecular formula is C27H32F3N5O. The quantitative estimate of drug-likeness (QED) is 0.453. The minimum absolute atomic E-state index is 0.0792. The summed E-state index contributed by atoms with van der Waals surface area (Å²) < 4.78 is 42.3. The molecule has 0 unspecified atom stereocenters. The summed E-state index contributed by atoms with van der Waals surface area (Å²) in [6.45, 7) is 9.51. The number of halogens is 3. The number of rotatable bonds is 8. The van der Waals surface area contributed by atoms with Crippen molar-refractivity contribution in [2.24, 2.45) is 0 Å². The molecule has 1 aromatic heterocycles. The van der Waals surface area contributed by atoms with Crippen molar-refractivity contribution in [1.82, 2.24) is 19.4 Å². The number of anilines is 1. The molecule has 2 aromatic carbocycles. The second kappa shape index (κ2) is 11.3. The van der Waals surface area contributed by atoms with Gasteiger partial charge in [-0.05, 0) is 49.7 Å². The van der Waals surface area contributed by atoms with Gasteiger partial charge in [-0.2, -0.15) is 13.2 Å². The van der Waals surface area contributed by atoms with E-state index in [1.165, 1.54) is 29.8 Å². The van der Waals surface area contributed by atoms with Crippen LogP contribution in [0.5, 0.6) is 0 Å². The molecule has 0 atom stereocenters. The van der Waals surface area contributed by atoms with Crippen molar-refractivity contribution >= 4 is 11.6 Å². The predicted octanol–water partition coefficient (Wildman–Crippen LogP) is 5.37. The third-order valence-corrected chi connectivity index (χ3v) is 6.46. The number of unbranched alkanes of at least 4 members (excludes halogenated alkanes) is 1. The lowest BCUT2D eigenvalue weighted by Gasteiger charge is -2.35. The molecule has 0 aliphatic carbocycles. The monoisotopic (exact) mass is 499 g/mol. The number of carbonyl (C=O) groups is 1. The summed E-state index contributed by atoms with van der Waals surface area (Å²) in [4.78, 5) is 22.1. The van der Waals surface area contributed by atoms with Gasteiger partial charge in [0.15, 0.2) is 0 Å². The van der Waals surface area contributed by atoms with Gasteiger partial charge in [-0.15, -0.1) is 0 Å². The van der Waals surface area contributed by atoms with E-state index in [1.54, 1.807) is 25.3 Å². The Morgan fingerprint density at radius 1 is 1.06 bits per heavy atom. The summed E-state index contributed by atoms with van der Waals surface area (Å²) >= 11 is 0. The Hall–Kier alpha value is -3.17. The fraction of sp³-hybridized carbons (Fsp3) is 0.407. The Bertz CT molecular complexity index is 1180. The maximum atomic E-state index is 13.6. The van der Waals surface area contributed by atoms with Crippen molar-refractivity contribution in [3.8, 4) is 5.69 Å². The van der Waals surface area contributed by atoms with Crippen molar-refractivity contribution in [3.63, 3.8) is 0 Å². The molecule has 9 heteroatoms. The van der Waals surface area contributed by atoms with Gasteiger partial charge in [0.1, 0.15) is 0 Å². The minimum Gasteiger partial charge on any atom is -0.322 e. The average molecular weight is 500 g/mol. The number of carbonyl (C=O) groups excluding carboxylic acids is 1. The molecule has 36 heavy (non-hydrogen) atoms. The van der Waals surface area contributed by atoms with Crippen LogP contribution < -0.4 is 5.32 Å². The smallest absolute Gasteiger partial charge is 0.322 e. The van der Waals surface area contributed by atoms with Crippen molar-refractivity contribution in [3.05, 3.63) is 77.4 Å². The van der Waals surface area contributed by atoms with Crippen molar-refractivity contribution < 1.29 is 18.0 Å². The van der Waals surface area contributed by atoms with Crippen LogP contribution in [-0.4, -0.2) is 58.0 Å². The van der Waals surface area contributed by atoms with Crippen LogP contribution in [0.1, 0.15) is 46.9 Å². The number of hydrogen-bond acceptors (Lipinski definition) is 4. The third-order valence-electron chi connectivity index (χ3n) is 6.46. The fourth-order valence-electron chi connectivity index (χ4n) is 4.43. The van der Waals surface area contributed by atoms with Gasteiger partial charge in [0.05, 0.1) is 17.6 Å². The highest BCUT2D eigenvalue weighted by molar-refractivity contribution is 6.05. The molecule has 192 valence electrons. The van der Waals surface area contributed by atoms with Crippen LogP contribution in [0.3, 0.4) is 0 Å². The van der Waals surface area contributed by atoms with E-state index >= 15 is 0 Å². The maximum absolute atomic E-state index is 13.6. The zero-order chi connectivity index (χ0) is 25.7. The highest BCUT2D eigenvalue weighted by Gasteiger charge is 2.31. The van der Waals surface area contributed by atoms with E-state index in [0.29, 0.717) is 17.8 Å². The number of benzene rings is 2. The van der Waals surface area contributed by atoms with Crippen molar-refractivity contribution in [2.75, 3.05) is 38.0 Å². The Kier molecular flexibility index (Phi) is 8.11. The van der Waals surface area contributed by atoms with E-state index in [2.05, 4.69) is 27.0 Å². The third kappa shape index (κ3) is 6.53. The predicted molar refractivity (Wildman–Crippen MR) is 134 cm³/mol. The number of piperazine rings is 1. The van der Waals surface area contributed by atoms with E-state index in [4.69, 9.17) is 0 Å². The highest BCUT2D eigenvalue weighted by atomic mass is 19.4. The topological polar surface area (TPSA) is 53.4 Å². The van der Waals surface area contributed by atoms with Crippen LogP contribution in [0.2, 0.25) is 0 Å². The normalized spacial score (nSPS) is 15.2. The first-order valence-electron chi connectivity index (χ1n) is 12.3. The van der Waals surface area contributed by atoms with Gasteiger partial charge < -0.3 is 14.8 Å². The number of aromatic nitrogens is 2. The Morgan fingerprint density at radius 2 is 1.78 bits per heavy atom. The number of nitrogens with one attached hydrogen (secondary N) is 1. The first-order chi connectivity index (χ1) is 17.2. The van der Waals surface area contributed by atoms with Gasteiger partial charge in [0.2, 0.25) is 0 Å². The van der Waals surface area contributed by atoms with E-state index < -0.39 is 17.6 Å². The summed E-state index contributed by atoms with van der Waals surface area (Å²) in [6.07, 6.45) is 0.910. The van der Waals surface area contributed by atoms with Crippen LogP contribution in [0.15, 0.2) is 55.0 Å². The van der Waals surface area contributed by atoms with Gasteiger partial charge in [-0.25, -0.2) is 4.98 Å². The molecule has 0 radical (unpaired) electrons. The number of aryl methyl sites for hydroxylation is 1. The molecule has 3 aromatic rings. The molecule has 6 nitrogen and oxygen atoms in total. The maximum Gasteiger partial charge on any atom is 0.416 e. The Labute approximate surface area is 209 Å². The number of imidazole rings is 1. The molecule has 1 saturated heterocycles. The number of nitrogens with zero attached hydrogens (tertiary/aromatic N) is 4. The number of amides is 1. The van der Waals surface area contributed by atoms with Crippen molar-refractivity contribution in [1.29, 1.82) is 0 Å². The van der Waals surface area contributed by atoms with Gasteiger partial charge in [-0.1, -0.05) is 31.5 Å². The van der Waals surface area contributed by atoms with Crippen LogP contribution >= 0.6 is 0 Å². The molecule has 0 saturated carbocycles. The second-order valence-electron chi connectivity index (χ2n) is 9.27. The van der Waals surface area contributed by atoms with Gasteiger partial charge >= 0.3 is 6.18 Å². The highest BCUT2D eigenvalue weighted by Crippen LogP contribution is 2.33. The van der Waals surface area contributed by atoms with Gasteiger partial charge in [0.25, 0.3) is 5.91 Å². The second-order valence-corrected chi connectivity index (χ2v) is 9.27. The molecule has 1 amide bonds. The summed E-state index contributed by atoms with van der Waals surface area (Å²) in [7, 11) is 0. The first kappa shape index (κ1) is 25.9. The minimum atomic E-state index is -4.55. The lowest BCUT2D eigenvalue weighted by molar-refractivity contribution is -0.137. The molecule has 0 bridgehead atoms. The van der Waals surface area contributed by atoms with E-state index in [-0.39, 0.29) is 11.4 Å². The molecule has 1 aliphatic rings. The molecule has 1 N–H and O–H groups in total. The zero-order valence-electron chi connectivity index (χ0n) is 20.7.